The molecule has 17 N–H and O–H groups in total. The van der Waals surface area contributed by atoms with Gasteiger partial charge in [0, 0.05) is 26.4 Å². The topological polar surface area (TPSA) is 448 Å². The summed E-state index contributed by atoms with van der Waals surface area (Å²) in [4.78, 5) is 125. The minimum atomic E-state index is -1.85. The number of nitrogens with two attached hydrogens (primary N) is 1. The van der Waals surface area contributed by atoms with Gasteiger partial charge in [0.15, 0.2) is 5.96 Å². The molecule has 0 bridgehead atoms. The summed E-state index contributed by atoms with van der Waals surface area (Å²) in [5.74, 6) is -11.6. The third kappa shape index (κ3) is 24.7. The predicted molar refractivity (Wildman–Crippen MR) is 228 cm³/mol. The van der Waals surface area contributed by atoms with Crippen molar-refractivity contribution in [2.45, 2.75) is 122 Å². The molecule has 0 spiro atoms. The molecule has 9 unspecified atom stereocenters. The van der Waals surface area contributed by atoms with Crippen molar-refractivity contribution in [2.24, 2.45) is 11.7 Å². The van der Waals surface area contributed by atoms with Gasteiger partial charge in [0.1, 0.15) is 42.3 Å². The number of amides is 8. The fraction of sp³-hybridized carbons (Fsp3) is 0.711. The van der Waals surface area contributed by atoms with Crippen LogP contribution >= 0.6 is 0 Å². The molecule has 0 heterocycles. The Kier molecular flexibility index (Phi) is 28.6. The highest BCUT2D eigenvalue weighted by atomic mass is 16.5. The fourth-order valence-electron chi connectivity index (χ4n) is 5.44. The number of carbonyl (C=O) groups excluding carboxylic acids is 8. The Morgan fingerprint density at radius 3 is 1.61 bits per heavy atom. The molecule has 0 aliphatic carbocycles. The molecule has 0 aliphatic rings. The average Bonchev–Trinajstić information content (AvgIpc) is 3.21. The van der Waals surface area contributed by atoms with E-state index in [0.29, 0.717) is 6.54 Å². The van der Waals surface area contributed by atoms with E-state index in [0.717, 1.165) is 13.8 Å². The zero-order valence-electron chi connectivity index (χ0n) is 37.8. The number of hydrogen-bond acceptors (Lipinski definition) is 16. The van der Waals surface area contributed by atoms with Crippen LogP contribution in [0.15, 0.2) is 0 Å². The van der Waals surface area contributed by atoms with E-state index in [4.69, 9.17) is 25.7 Å². The minimum absolute atomic E-state index is 0.0361. The summed E-state index contributed by atoms with van der Waals surface area (Å²) in [6.45, 7) is 7.65. The second kappa shape index (κ2) is 31.6. The van der Waals surface area contributed by atoms with E-state index in [1.54, 1.807) is 13.8 Å². The molecule has 0 rings (SSSR count). The Labute approximate surface area is 380 Å². The van der Waals surface area contributed by atoms with Crippen LogP contribution in [0.4, 0.5) is 0 Å². The SMILES string of the molecule is CC(=O)NCCOCCOCCC(=O)NC(C(=O)NC(C(=O)NC(CCCNC(=N)N)C(=O)NC(C(=O)NC(CO)C(=O)NC(C)C(=O)NC(CC(=O)O)C(=O)O)C(C)O)C(C)C)C(C)O. The first-order valence-electron chi connectivity index (χ1n) is 20.8. The number of carboxylic acid groups (broad SMARTS) is 2. The Hall–Kier alpha value is -6.23. The summed E-state index contributed by atoms with van der Waals surface area (Å²) in [5, 5.41) is 77.1. The molecular weight excluding hydrogens is 882 g/mol. The van der Waals surface area contributed by atoms with Crippen LogP contribution in [0.5, 0.6) is 0 Å². The third-order valence-electron chi connectivity index (χ3n) is 9.04. The molecule has 0 aliphatic heterocycles. The van der Waals surface area contributed by atoms with Crippen LogP contribution in [-0.2, 0) is 57.4 Å². The van der Waals surface area contributed by atoms with Crippen molar-refractivity contribution in [3.8, 4) is 0 Å². The molecule has 28 nitrogen and oxygen atoms in total. The van der Waals surface area contributed by atoms with Gasteiger partial charge in [0.2, 0.25) is 47.3 Å². The Bertz CT molecular complexity index is 1670. The maximum absolute atomic E-state index is 13.7. The van der Waals surface area contributed by atoms with Gasteiger partial charge in [0.05, 0.1) is 51.7 Å². The smallest absolute Gasteiger partial charge is 0.326 e. The Morgan fingerprint density at radius 2 is 1.09 bits per heavy atom. The van der Waals surface area contributed by atoms with E-state index < -0.39 is 133 Å². The molecule has 0 fully saturated rings. The van der Waals surface area contributed by atoms with Crippen LogP contribution < -0.4 is 53.6 Å². The van der Waals surface area contributed by atoms with Crippen molar-refractivity contribution >= 4 is 65.2 Å². The van der Waals surface area contributed by atoms with Gasteiger partial charge in [-0.2, -0.15) is 0 Å². The number of ether oxygens (including phenoxy) is 2. The summed E-state index contributed by atoms with van der Waals surface area (Å²) < 4.78 is 10.6. The quantitative estimate of drug-likeness (QED) is 0.0165. The van der Waals surface area contributed by atoms with Crippen LogP contribution in [0.2, 0.25) is 0 Å². The molecule has 0 saturated heterocycles. The van der Waals surface area contributed by atoms with Crippen LogP contribution in [0.25, 0.3) is 0 Å². The van der Waals surface area contributed by atoms with Gasteiger partial charge in [-0.1, -0.05) is 13.8 Å². The van der Waals surface area contributed by atoms with Crippen molar-refractivity contribution in [3.05, 3.63) is 0 Å². The van der Waals surface area contributed by atoms with Crippen molar-refractivity contribution in [1.29, 1.82) is 5.41 Å². The number of hydrogen-bond donors (Lipinski definition) is 16. The summed E-state index contributed by atoms with van der Waals surface area (Å²) in [5.41, 5.74) is 5.34. The van der Waals surface area contributed by atoms with Gasteiger partial charge in [-0.15, -0.1) is 0 Å². The van der Waals surface area contributed by atoms with Crippen LogP contribution in [0, 0.1) is 11.3 Å². The number of aliphatic hydroxyl groups is 3. The lowest BCUT2D eigenvalue weighted by Gasteiger charge is -2.29. The second-order valence-corrected chi connectivity index (χ2v) is 15.2. The zero-order valence-corrected chi connectivity index (χ0v) is 37.8. The van der Waals surface area contributed by atoms with Gasteiger partial charge in [0.25, 0.3) is 0 Å². The number of rotatable bonds is 33. The fourth-order valence-corrected chi connectivity index (χ4v) is 5.44. The molecule has 0 radical (unpaired) electrons. The highest BCUT2D eigenvalue weighted by molar-refractivity contribution is 5.98. The van der Waals surface area contributed by atoms with E-state index in [2.05, 4.69) is 42.5 Å². The van der Waals surface area contributed by atoms with E-state index in [1.807, 2.05) is 5.32 Å². The molecule has 0 aromatic heterocycles. The van der Waals surface area contributed by atoms with Gasteiger partial charge in [-0.05, 0) is 39.5 Å². The van der Waals surface area contributed by atoms with Gasteiger partial charge >= 0.3 is 11.9 Å². The molecule has 376 valence electrons. The summed E-state index contributed by atoms with van der Waals surface area (Å²) in [7, 11) is 0. The number of guanidine groups is 1. The average molecular weight is 950 g/mol. The first-order valence-corrected chi connectivity index (χ1v) is 20.8. The first-order chi connectivity index (χ1) is 30.8. The number of aliphatic hydroxyl groups excluding tert-OH is 3. The lowest BCUT2D eigenvalue weighted by atomic mass is 10.0. The van der Waals surface area contributed by atoms with Crippen molar-refractivity contribution in [1.82, 2.24) is 47.9 Å². The highest BCUT2D eigenvalue weighted by Crippen LogP contribution is 2.08. The monoisotopic (exact) mass is 949 g/mol. The highest BCUT2D eigenvalue weighted by Gasteiger charge is 2.36. The molecule has 0 aromatic rings. The number of aliphatic carboxylic acids is 2. The summed E-state index contributed by atoms with van der Waals surface area (Å²) >= 11 is 0. The normalized spacial score (nSPS) is 15.1. The van der Waals surface area contributed by atoms with Gasteiger partial charge in [-0.25, -0.2) is 4.79 Å². The van der Waals surface area contributed by atoms with Gasteiger partial charge in [-0.3, -0.25) is 48.6 Å². The van der Waals surface area contributed by atoms with E-state index in [-0.39, 0.29) is 58.1 Å². The molecule has 66 heavy (non-hydrogen) atoms. The standard InChI is InChI=1S/C38H67N11O17/c1-18(2)28(48-36(62)29(20(4)51)47-26(54)9-12-65-14-15-66-13-11-41-22(6)53)34(60)44-23(8-7-10-42-38(39)40)32(58)49-30(21(5)52)35(61)46-25(17-50)33(59)43-19(3)31(57)45-24(37(63)64)16-27(55)56/h18-21,23-25,28-30,50-52H,7-17H2,1-6H3,(H,41,53)(H,43,59)(H,44,60)(H,45,57)(H,46,61)(H,47,54)(H,48,62)(H,49,58)(H,55,56)(H,63,64)(H4,39,40,42). The van der Waals surface area contributed by atoms with Crippen molar-refractivity contribution in [3.63, 3.8) is 0 Å². The minimum Gasteiger partial charge on any atom is -0.481 e. The second-order valence-electron chi connectivity index (χ2n) is 15.2. The molecule has 9 atom stereocenters. The first kappa shape index (κ1) is 59.8. The molecule has 0 saturated carbocycles. The Morgan fingerprint density at radius 1 is 0.591 bits per heavy atom. The number of carbonyl (C=O) groups is 10. The molecular formula is C38H67N11O17. The van der Waals surface area contributed by atoms with Crippen molar-refractivity contribution < 1.29 is 83.0 Å². The summed E-state index contributed by atoms with van der Waals surface area (Å²) in [6, 6.07) is -11.4. The maximum Gasteiger partial charge on any atom is 0.326 e. The maximum atomic E-state index is 13.7. The zero-order chi connectivity index (χ0) is 50.7. The molecule has 0 aromatic carbocycles. The third-order valence-corrected chi connectivity index (χ3v) is 9.04. The van der Waals surface area contributed by atoms with Crippen molar-refractivity contribution in [2.75, 3.05) is 46.1 Å². The van der Waals surface area contributed by atoms with E-state index in [9.17, 15) is 68.4 Å². The lowest BCUT2D eigenvalue weighted by molar-refractivity contribution is -0.147. The van der Waals surface area contributed by atoms with Crippen LogP contribution in [0.3, 0.4) is 0 Å². The Balaban J connectivity index is 5.91. The molecule has 28 heteroatoms. The lowest BCUT2D eigenvalue weighted by Crippen LogP contribution is -2.62. The van der Waals surface area contributed by atoms with Crippen LogP contribution in [0.1, 0.15) is 67.2 Å². The van der Waals surface area contributed by atoms with E-state index in [1.165, 1.54) is 13.8 Å². The predicted octanol–water partition coefficient (Wildman–Crippen LogP) is -6.81. The molecule has 8 amide bonds. The summed E-state index contributed by atoms with van der Waals surface area (Å²) in [6.07, 6.45) is -4.42. The number of carboxylic acids is 2. The van der Waals surface area contributed by atoms with E-state index >= 15 is 0 Å². The van der Waals surface area contributed by atoms with Crippen LogP contribution in [-0.4, -0.2) is 191 Å². The van der Waals surface area contributed by atoms with Gasteiger partial charge < -0.3 is 88.6 Å². The number of nitrogens with one attached hydrogen (secondary N) is 10. The largest absolute Gasteiger partial charge is 0.481 e.